The Labute approximate surface area is 280 Å². The van der Waals surface area contributed by atoms with Crippen LogP contribution in [0.1, 0.15) is 11.1 Å². The normalized spacial score (nSPS) is 11.6. The van der Waals surface area contributed by atoms with Crippen molar-refractivity contribution in [1.29, 1.82) is 10.5 Å². The number of hydrogen-bond donors (Lipinski definition) is 0. The third kappa shape index (κ3) is 3.85. The second kappa shape index (κ2) is 10.2. The van der Waals surface area contributed by atoms with Crippen molar-refractivity contribution in [3.05, 3.63) is 157 Å². The molecule has 7 aromatic carbocycles. The Morgan fingerprint density at radius 1 is 0.388 bits per heavy atom. The van der Waals surface area contributed by atoms with Gasteiger partial charge in [-0.05, 0) is 66.7 Å². The average molecular weight is 625 g/mol. The molecule has 10 aromatic rings. The van der Waals surface area contributed by atoms with Gasteiger partial charge < -0.3 is 13.6 Å². The summed E-state index contributed by atoms with van der Waals surface area (Å²) in [5.74, 6) is 0. The first-order valence-electron chi connectivity index (χ1n) is 16.1. The minimum atomic E-state index is 0.581. The molecule has 226 valence electrons. The van der Waals surface area contributed by atoms with Crippen molar-refractivity contribution in [2.45, 2.75) is 0 Å². The quantitative estimate of drug-likeness (QED) is 0.196. The van der Waals surface area contributed by atoms with E-state index in [4.69, 9.17) is 4.42 Å². The lowest BCUT2D eigenvalue weighted by molar-refractivity contribution is 0.669. The third-order valence-corrected chi connectivity index (χ3v) is 9.77. The molecule has 0 amide bonds. The van der Waals surface area contributed by atoms with Crippen molar-refractivity contribution < 1.29 is 4.42 Å². The van der Waals surface area contributed by atoms with Gasteiger partial charge in [0.2, 0.25) is 0 Å². The zero-order valence-electron chi connectivity index (χ0n) is 26.1. The summed E-state index contributed by atoms with van der Waals surface area (Å²) >= 11 is 0. The summed E-state index contributed by atoms with van der Waals surface area (Å²) in [5, 5.41) is 25.9. The van der Waals surface area contributed by atoms with Crippen LogP contribution in [0.2, 0.25) is 0 Å². The standard InChI is InChI=1S/C44H24N4O/c45-25-27-17-19-40-33(21-27)34-22-28(26-46)18-20-41(34)47(40)37-13-5-1-9-29(37)30-10-2-6-14-38(30)48-39-15-7-3-11-31(39)35-23-36-32-12-4-8-16-43(32)49-44(36)24-42(35)48/h1-24H. The Balaban J connectivity index is 1.28. The highest BCUT2D eigenvalue weighted by atomic mass is 16.3. The summed E-state index contributed by atoms with van der Waals surface area (Å²) in [4.78, 5) is 0. The summed E-state index contributed by atoms with van der Waals surface area (Å²) in [6.07, 6.45) is 0. The molecule has 3 heterocycles. The number of fused-ring (bicyclic) bond motifs is 9. The van der Waals surface area contributed by atoms with Crippen molar-refractivity contribution in [1.82, 2.24) is 9.13 Å². The number of nitriles is 2. The van der Waals surface area contributed by atoms with Crippen molar-refractivity contribution >= 4 is 65.6 Å². The molecule has 0 saturated heterocycles. The Hall–Kier alpha value is -7.08. The number of benzene rings is 7. The third-order valence-electron chi connectivity index (χ3n) is 9.77. The minimum Gasteiger partial charge on any atom is -0.456 e. The molecule has 0 fully saturated rings. The lowest BCUT2D eigenvalue weighted by atomic mass is 10.0. The van der Waals surface area contributed by atoms with Crippen LogP contribution in [0.15, 0.2) is 150 Å². The van der Waals surface area contributed by atoms with E-state index >= 15 is 0 Å². The number of hydrogen-bond acceptors (Lipinski definition) is 3. The SMILES string of the molecule is N#Cc1ccc2c(c1)c1cc(C#N)ccc1n2-c1ccccc1-c1ccccc1-n1c2ccccc2c2cc3c(cc21)oc1ccccc13. The van der Waals surface area contributed by atoms with Gasteiger partial charge in [0.05, 0.1) is 56.7 Å². The van der Waals surface area contributed by atoms with E-state index < -0.39 is 0 Å². The maximum atomic E-state index is 9.74. The number of nitrogens with zero attached hydrogens (tertiary/aromatic N) is 4. The van der Waals surface area contributed by atoms with Crippen LogP contribution in [0.25, 0.3) is 88.1 Å². The van der Waals surface area contributed by atoms with E-state index in [1.165, 1.54) is 10.8 Å². The highest BCUT2D eigenvalue weighted by molar-refractivity contribution is 6.18. The smallest absolute Gasteiger partial charge is 0.137 e. The van der Waals surface area contributed by atoms with E-state index in [2.05, 4.69) is 118 Å². The highest BCUT2D eigenvalue weighted by Gasteiger charge is 2.21. The fourth-order valence-corrected chi connectivity index (χ4v) is 7.66. The summed E-state index contributed by atoms with van der Waals surface area (Å²) in [6.45, 7) is 0. The summed E-state index contributed by atoms with van der Waals surface area (Å²) in [5.41, 5.74) is 11.2. The largest absolute Gasteiger partial charge is 0.456 e. The number of para-hydroxylation sites is 4. The maximum absolute atomic E-state index is 9.74. The lowest BCUT2D eigenvalue weighted by Gasteiger charge is -2.18. The molecule has 0 atom stereocenters. The van der Waals surface area contributed by atoms with E-state index in [1.807, 2.05) is 48.5 Å². The van der Waals surface area contributed by atoms with Gasteiger partial charge in [0.1, 0.15) is 11.2 Å². The molecule has 0 aliphatic rings. The molecule has 0 saturated carbocycles. The molecule has 0 spiro atoms. The fourth-order valence-electron chi connectivity index (χ4n) is 7.66. The monoisotopic (exact) mass is 624 g/mol. The second-order valence-electron chi connectivity index (χ2n) is 12.4. The van der Waals surface area contributed by atoms with E-state index in [-0.39, 0.29) is 0 Å². The van der Waals surface area contributed by atoms with E-state index in [0.29, 0.717) is 11.1 Å². The van der Waals surface area contributed by atoms with E-state index in [1.54, 1.807) is 0 Å². The first kappa shape index (κ1) is 27.1. The first-order valence-corrected chi connectivity index (χ1v) is 16.1. The van der Waals surface area contributed by atoms with Crippen molar-refractivity contribution in [3.8, 4) is 34.6 Å². The van der Waals surface area contributed by atoms with Gasteiger partial charge in [-0.15, -0.1) is 0 Å². The van der Waals surface area contributed by atoms with Crippen molar-refractivity contribution in [2.24, 2.45) is 0 Å². The average Bonchev–Trinajstić information content (AvgIpc) is 3.80. The molecular formula is C44H24N4O. The van der Waals surface area contributed by atoms with Gasteiger partial charge in [-0.2, -0.15) is 10.5 Å². The highest BCUT2D eigenvalue weighted by Crippen LogP contribution is 2.42. The van der Waals surface area contributed by atoms with E-state index in [9.17, 15) is 10.5 Å². The number of rotatable bonds is 3. The van der Waals surface area contributed by atoms with Gasteiger partial charge in [0.15, 0.2) is 0 Å². The van der Waals surface area contributed by atoms with Gasteiger partial charge in [-0.1, -0.05) is 72.8 Å². The lowest BCUT2D eigenvalue weighted by Crippen LogP contribution is -2.01. The maximum Gasteiger partial charge on any atom is 0.137 e. The molecule has 10 rings (SSSR count). The number of furan rings is 1. The van der Waals surface area contributed by atoms with E-state index in [0.717, 1.165) is 77.3 Å². The first-order chi connectivity index (χ1) is 24.2. The van der Waals surface area contributed by atoms with Crippen LogP contribution in [0.5, 0.6) is 0 Å². The fraction of sp³-hybridized carbons (Fsp3) is 0. The van der Waals surface area contributed by atoms with Crippen LogP contribution in [0.3, 0.4) is 0 Å². The van der Waals surface area contributed by atoms with Gasteiger partial charge in [-0.3, -0.25) is 0 Å². The van der Waals surface area contributed by atoms with Crippen LogP contribution in [-0.4, -0.2) is 9.13 Å². The Kier molecular flexibility index (Phi) is 5.64. The van der Waals surface area contributed by atoms with Gasteiger partial charge in [-0.25, -0.2) is 0 Å². The Morgan fingerprint density at radius 2 is 0.898 bits per heavy atom. The predicted octanol–water partition coefficient (Wildman–Crippen LogP) is 11.2. The summed E-state index contributed by atoms with van der Waals surface area (Å²) in [7, 11) is 0. The second-order valence-corrected chi connectivity index (χ2v) is 12.4. The van der Waals surface area contributed by atoms with Crippen LogP contribution >= 0.6 is 0 Å². The molecule has 3 aromatic heterocycles. The van der Waals surface area contributed by atoms with Gasteiger partial charge in [0, 0.05) is 49.5 Å². The summed E-state index contributed by atoms with van der Waals surface area (Å²) in [6, 6.07) is 54.4. The molecule has 5 nitrogen and oxygen atoms in total. The predicted molar refractivity (Wildman–Crippen MR) is 197 cm³/mol. The molecule has 0 bridgehead atoms. The Bertz CT molecular complexity index is 3010. The van der Waals surface area contributed by atoms with Crippen molar-refractivity contribution in [3.63, 3.8) is 0 Å². The number of aromatic nitrogens is 2. The zero-order valence-corrected chi connectivity index (χ0v) is 26.1. The zero-order chi connectivity index (χ0) is 32.6. The molecular weight excluding hydrogens is 601 g/mol. The molecule has 0 unspecified atom stereocenters. The topological polar surface area (TPSA) is 70.6 Å². The molecule has 0 aliphatic carbocycles. The van der Waals surface area contributed by atoms with Crippen LogP contribution < -0.4 is 0 Å². The molecule has 49 heavy (non-hydrogen) atoms. The summed E-state index contributed by atoms with van der Waals surface area (Å²) < 4.78 is 11.0. The van der Waals surface area contributed by atoms with Gasteiger partial charge in [0.25, 0.3) is 0 Å². The Morgan fingerprint density at radius 3 is 1.55 bits per heavy atom. The van der Waals surface area contributed by atoms with Gasteiger partial charge >= 0.3 is 0 Å². The van der Waals surface area contributed by atoms with Crippen LogP contribution in [0.4, 0.5) is 0 Å². The molecule has 0 aliphatic heterocycles. The molecule has 5 heteroatoms. The van der Waals surface area contributed by atoms with Crippen molar-refractivity contribution in [2.75, 3.05) is 0 Å². The van der Waals surface area contributed by atoms with Crippen LogP contribution in [-0.2, 0) is 0 Å². The molecule has 0 radical (unpaired) electrons. The molecule has 0 N–H and O–H groups in total. The minimum absolute atomic E-state index is 0.581. The van der Waals surface area contributed by atoms with Crippen LogP contribution in [0, 0.1) is 22.7 Å².